The van der Waals surface area contributed by atoms with E-state index in [0.29, 0.717) is 0 Å². The number of aryl methyl sites for hydroxylation is 1. The van der Waals surface area contributed by atoms with E-state index in [1.165, 1.54) is 23.2 Å². The third kappa shape index (κ3) is 1.95. The zero-order valence-electron chi connectivity index (χ0n) is 10.1. The number of thiocarbonyl (C=S) groups is 1. The van der Waals surface area contributed by atoms with Crippen LogP contribution in [0.25, 0.3) is 0 Å². The molecule has 94 valence electrons. The Bertz CT molecular complexity index is 524. The van der Waals surface area contributed by atoms with Crippen molar-refractivity contribution in [2.75, 3.05) is 18.0 Å². The van der Waals surface area contributed by atoms with Crippen molar-refractivity contribution >= 4 is 28.7 Å². The summed E-state index contributed by atoms with van der Waals surface area (Å²) in [6.45, 7) is 2.18. The second-order valence-electron chi connectivity index (χ2n) is 4.69. The van der Waals surface area contributed by atoms with E-state index in [-0.39, 0.29) is 5.11 Å². The molecular formula is C13H16N4S. The lowest BCUT2D eigenvalue weighted by Gasteiger charge is -2.37. The molecule has 2 aliphatic rings. The first-order valence-corrected chi connectivity index (χ1v) is 6.66. The molecule has 0 atom stereocenters. The summed E-state index contributed by atoms with van der Waals surface area (Å²) in [7, 11) is 0. The van der Waals surface area contributed by atoms with Crippen LogP contribution in [0, 0.1) is 0 Å². The third-order valence-corrected chi connectivity index (χ3v) is 3.63. The molecule has 0 spiro atoms. The van der Waals surface area contributed by atoms with Crippen LogP contribution in [0.15, 0.2) is 23.3 Å². The monoisotopic (exact) mass is 260 g/mol. The number of nitrogens with zero attached hydrogens (tertiary/aromatic N) is 2. The van der Waals surface area contributed by atoms with Crippen LogP contribution in [0.1, 0.15) is 24.0 Å². The quantitative estimate of drug-likeness (QED) is 0.592. The van der Waals surface area contributed by atoms with Crippen molar-refractivity contribution in [2.24, 2.45) is 10.8 Å². The highest BCUT2D eigenvalue weighted by Gasteiger charge is 2.26. The number of benzene rings is 1. The Balaban J connectivity index is 2.03. The van der Waals surface area contributed by atoms with Crippen LogP contribution in [0.4, 0.5) is 5.69 Å². The first-order chi connectivity index (χ1) is 8.75. The third-order valence-electron chi connectivity index (χ3n) is 3.54. The molecule has 2 heterocycles. The Morgan fingerprint density at radius 1 is 1.33 bits per heavy atom. The summed E-state index contributed by atoms with van der Waals surface area (Å²) in [6.07, 6.45) is 3.34. The van der Waals surface area contributed by atoms with E-state index >= 15 is 0 Å². The van der Waals surface area contributed by atoms with Gasteiger partial charge in [0.15, 0.2) is 5.11 Å². The maximum atomic E-state index is 5.43. The average molecular weight is 260 g/mol. The van der Waals surface area contributed by atoms with Crippen LogP contribution in [0.3, 0.4) is 0 Å². The number of nitrogens with one attached hydrogen (secondary N) is 1. The molecule has 1 aromatic carbocycles. The van der Waals surface area contributed by atoms with Crippen LogP contribution in [-0.2, 0) is 6.42 Å². The number of hydrogen-bond donors (Lipinski definition) is 2. The summed E-state index contributed by atoms with van der Waals surface area (Å²) in [5, 5.41) is 4.55. The van der Waals surface area contributed by atoms with Crippen LogP contribution in [0.2, 0.25) is 0 Å². The summed E-state index contributed by atoms with van der Waals surface area (Å²) in [6, 6.07) is 6.46. The van der Waals surface area contributed by atoms with Gasteiger partial charge in [0.1, 0.15) is 0 Å². The Morgan fingerprint density at radius 3 is 3.06 bits per heavy atom. The van der Waals surface area contributed by atoms with E-state index in [0.717, 1.165) is 31.6 Å². The zero-order valence-corrected chi connectivity index (χ0v) is 11.0. The maximum absolute atomic E-state index is 5.43. The molecule has 3 N–H and O–H groups in total. The second-order valence-corrected chi connectivity index (χ2v) is 5.13. The highest BCUT2D eigenvalue weighted by molar-refractivity contribution is 7.80. The Kier molecular flexibility index (Phi) is 2.91. The van der Waals surface area contributed by atoms with Crippen LogP contribution in [-0.4, -0.2) is 23.9 Å². The van der Waals surface area contributed by atoms with Gasteiger partial charge in [-0.1, -0.05) is 18.2 Å². The minimum atomic E-state index is 0.217. The number of hydrazone groups is 1. The fourth-order valence-electron chi connectivity index (χ4n) is 2.81. The topological polar surface area (TPSA) is 53.6 Å². The normalized spacial score (nSPS) is 19.6. The van der Waals surface area contributed by atoms with Crippen LogP contribution in [0.5, 0.6) is 0 Å². The van der Waals surface area contributed by atoms with Crippen LogP contribution < -0.4 is 16.1 Å². The SMILES string of the molecule is NC(=S)N/N=C1/CCN2CCCc3cccc1c32. The first-order valence-electron chi connectivity index (χ1n) is 6.25. The number of hydrogen-bond acceptors (Lipinski definition) is 3. The second kappa shape index (κ2) is 4.57. The summed E-state index contributed by atoms with van der Waals surface area (Å²) in [5.41, 5.74) is 13.2. The minimum Gasteiger partial charge on any atom is -0.375 e. The minimum absolute atomic E-state index is 0.217. The van der Waals surface area contributed by atoms with Crippen molar-refractivity contribution in [1.29, 1.82) is 0 Å². The predicted octanol–water partition coefficient (Wildman–Crippen LogP) is 1.38. The lowest BCUT2D eigenvalue weighted by Crippen LogP contribution is -2.37. The summed E-state index contributed by atoms with van der Waals surface area (Å²) < 4.78 is 0. The van der Waals surface area contributed by atoms with Crippen molar-refractivity contribution < 1.29 is 0 Å². The van der Waals surface area contributed by atoms with Crippen molar-refractivity contribution in [1.82, 2.24) is 5.43 Å². The van der Waals surface area contributed by atoms with E-state index in [9.17, 15) is 0 Å². The molecule has 0 saturated heterocycles. The van der Waals surface area contributed by atoms with Gasteiger partial charge in [0.2, 0.25) is 0 Å². The standard InChI is InChI=1S/C13H16N4S/c14-13(18)16-15-11-6-8-17-7-2-4-9-3-1-5-10(11)12(9)17/h1,3,5H,2,4,6-8H2,(H3,14,16,18)/b15-11-. The van der Waals surface area contributed by atoms with E-state index in [1.807, 2.05) is 0 Å². The Labute approximate surface area is 112 Å². The predicted molar refractivity (Wildman–Crippen MR) is 78.1 cm³/mol. The lowest BCUT2D eigenvalue weighted by atomic mass is 9.91. The van der Waals surface area contributed by atoms with Gasteiger partial charge in [-0.05, 0) is 30.6 Å². The fraction of sp³-hybridized carbons (Fsp3) is 0.385. The molecule has 4 nitrogen and oxygen atoms in total. The molecule has 0 radical (unpaired) electrons. The van der Waals surface area contributed by atoms with Gasteiger partial charge in [-0.3, -0.25) is 5.43 Å². The number of rotatable bonds is 1. The molecule has 0 amide bonds. The molecule has 2 aliphatic heterocycles. The molecular weight excluding hydrogens is 244 g/mol. The molecule has 18 heavy (non-hydrogen) atoms. The number of anilines is 1. The zero-order chi connectivity index (χ0) is 12.5. The molecule has 0 saturated carbocycles. The maximum Gasteiger partial charge on any atom is 0.184 e. The molecule has 0 fully saturated rings. The molecule has 0 aliphatic carbocycles. The number of nitrogens with two attached hydrogens (primary N) is 1. The van der Waals surface area contributed by atoms with Crippen molar-refractivity contribution in [3.05, 3.63) is 29.3 Å². The highest BCUT2D eigenvalue weighted by atomic mass is 32.1. The summed E-state index contributed by atoms with van der Waals surface area (Å²) in [4.78, 5) is 2.47. The van der Waals surface area contributed by atoms with Crippen LogP contribution >= 0.6 is 12.2 Å². The van der Waals surface area contributed by atoms with Gasteiger partial charge in [-0.25, -0.2) is 0 Å². The van der Waals surface area contributed by atoms with E-state index in [4.69, 9.17) is 18.0 Å². The number of para-hydroxylation sites is 1. The largest absolute Gasteiger partial charge is 0.375 e. The summed E-state index contributed by atoms with van der Waals surface area (Å²) in [5.74, 6) is 0. The highest BCUT2D eigenvalue weighted by Crippen LogP contribution is 2.34. The van der Waals surface area contributed by atoms with E-state index < -0.39 is 0 Å². The van der Waals surface area contributed by atoms with Gasteiger partial charge < -0.3 is 10.6 Å². The molecule has 1 aromatic rings. The molecule has 0 aromatic heterocycles. The average Bonchev–Trinajstić information content (AvgIpc) is 2.38. The van der Waals surface area contributed by atoms with Gasteiger partial charge in [0.25, 0.3) is 0 Å². The van der Waals surface area contributed by atoms with Gasteiger partial charge in [0, 0.05) is 30.8 Å². The Morgan fingerprint density at radius 2 is 2.22 bits per heavy atom. The van der Waals surface area contributed by atoms with Gasteiger partial charge in [0.05, 0.1) is 5.71 Å². The Hall–Kier alpha value is -1.62. The lowest BCUT2D eigenvalue weighted by molar-refractivity contribution is 0.687. The molecule has 0 unspecified atom stereocenters. The van der Waals surface area contributed by atoms with Crippen molar-refractivity contribution in [3.63, 3.8) is 0 Å². The van der Waals surface area contributed by atoms with Crippen molar-refractivity contribution in [2.45, 2.75) is 19.3 Å². The first kappa shape index (κ1) is 11.5. The molecule has 0 bridgehead atoms. The summed E-state index contributed by atoms with van der Waals surface area (Å²) >= 11 is 4.79. The van der Waals surface area contributed by atoms with E-state index in [1.54, 1.807) is 0 Å². The fourth-order valence-corrected chi connectivity index (χ4v) is 2.86. The molecule has 5 heteroatoms. The molecule has 3 rings (SSSR count). The van der Waals surface area contributed by atoms with Gasteiger partial charge in [-0.15, -0.1) is 0 Å². The van der Waals surface area contributed by atoms with Gasteiger partial charge >= 0.3 is 0 Å². The van der Waals surface area contributed by atoms with E-state index in [2.05, 4.69) is 33.6 Å². The smallest absolute Gasteiger partial charge is 0.184 e. The van der Waals surface area contributed by atoms with Crippen molar-refractivity contribution in [3.8, 4) is 0 Å². The van der Waals surface area contributed by atoms with Gasteiger partial charge in [-0.2, -0.15) is 5.10 Å².